The van der Waals surface area contributed by atoms with E-state index in [4.69, 9.17) is 4.74 Å². The number of fused-ring (bicyclic) bond motifs is 3. The summed E-state index contributed by atoms with van der Waals surface area (Å²) in [6.07, 6.45) is 4.70. The smallest absolute Gasteiger partial charge is 0.142 e. The zero-order valence-corrected chi connectivity index (χ0v) is 10.0. The summed E-state index contributed by atoms with van der Waals surface area (Å²) in [5, 5.41) is 10.6. The van der Waals surface area contributed by atoms with E-state index in [1.54, 1.807) is 7.11 Å². The number of aryl methyl sites for hydroxylation is 2. The number of hydrogen-bond donors (Lipinski definition) is 2. The van der Waals surface area contributed by atoms with E-state index in [1.165, 1.54) is 29.5 Å². The molecule has 0 fully saturated rings. The SMILES string of the molecule is COc1ccc(CO)c2c3c([nH]c12)CCCC3. The van der Waals surface area contributed by atoms with E-state index in [-0.39, 0.29) is 6.61 Å². The van der Waals surface area contributed by atoms with E-state index in [0.29, 0.717) is 0 Å². The van der Waals surface area contributed by atoms with E-state index < -0.39 is 0 Å². The molecule has 0 aliphatic heterocycles. The topological polar surface area (TPSA) is 45.2 Å². The third-order valence-electron chi connectivity index (χ3n) is 3.69. The molecule has 90 valence electrons. The van der Waals surface area contributed by atoms with Gasteiger partial charge < -0.3 is 14.8 Å². The quantitative estimate of drug-likeness (QED) is 0.834. The third-order valence-corrected chi connectivity index (χ3v) is 3.69. The first-order valence-corrected chi connectivity index (χ1v) is 6.15. The second-order valence-electron chi connectivity index (χ2n) is 4.62. The molecule has 0 saturated heterocycles. The van der Waals surface area contributed by atoms with Gasteiger partial charge in [0.1, 0.15) is 5.75 Å². The zero-order chi connectivity index (χ0) is 11.8. The lowest BCUT2D eigenvalue weighted by Gasteiger charge is -2.11. The van der Waals surface area contributed by atoms with Crippen LogP contribution in [0.4, 0.5) is 0 Å². The lowest BCUT2D eigenvalue weighted by Crippen LogP contribution is -2.00. The Labute approximate surface area is 100 Å². The summed E-state index contributed by atoms with van der Waals surface area (Å²) in [5.74, 6) is 0.867. The summed E-state index contributed by atoms with van der Waals surface area (Å²) < 4.78 is 5.39. The number of aliphatic hydroxyl groups excluding tert-OH is 1. The van der Waals surface area contributed by atoms with Gasteiger partial charge in [0.15, 0.2) is 0 Å². The molecule has 0 amide bonds. The van der Waals surface area contributed by atoms with Gasteiger partial charge in [0.05, 0.1) is 19.2 Å². The van der Waals surface area contributed by atoms with Crippen LogP contribution in [-0.2, 0) is 19.4 Å². The first-order chi connectivity index (χ1) is 8.35. The number of ether oxygens (including phenoxy) is 1. The molecule has 1 aromatic heterocycles. The van der Waals surface area contributed by atoms with Gasteiger partial charge in [-0.1, -0.05) is 6.07 Å². The molecule has 1 aromatic carbocycles. The van der Waals surface area contributed by atoms with Gasteiger partial charge >= 0.3 is 0 Å². The fraction of sp³-hybridized carbons (Fsp3) is 0.429. The Hall–Kier alpha value is -1.48. The van der Waals surface area contributed by atoms with Crippen LogP contribution in [0.25, 0.3) is 10.9 Å². The Morgan fingerprint density at radius 2 is 2.12 bits per heavy atom. The van der Waals surface area contributed by atoms with Crippen molar-refractivity contribution in [3.8, 4) is 5.75 Å². The molecule has 3 rings (SSSR count). The Balaban J connectivity index is 2.34. The number of aliphatic hydroxyl groups is 1. The highest BCUT2D eigenvalue weighted by molar-refractivity contribution is 5.92. The largest absolute Gasteiger partial charge is 0.495 e. The minimum Gasteiger partial charge on any atom is -0.495 e. The highest BCUT2D eigenvalue weighted by Crippen LogP contribution is 2.36. The Morgan fingerprint density at radius 3 is 2.88 bits per heavy atom. The standard InChI is InChI=1S/C14H17NO2/c1-17-12-7-6-9(8-16)13-10-4-2-3-5-11(10)15-14(12)13/h6-7,15-16H,2-5,8H2,1H3. The molecule has 0 radical (unpaired) electrons. The molecule has 0 unspecified atom stereocenters. The Morgan fingerprint density at radius 1 is 1.29 bits per heavy atom. The summed E-state index contributed by atoms with van der Waals surface area (Å²) in [4.78, 5) is 3.47. The Kier molecular flexibility index (Phi) is 2.56. The summed E-state index contributed by atoms with van der Waals surface area (Å²) in [7, 11) is 1.69. The average Bonchev–Trinajstić information content (AvgIpc) is 2.77. The predicted molar refractivity (Wildman–Crippen MR) is 67.4 cm³/mol. The molecule has 0 atom stereocenters. The number of hydrogen-bond acceptors (Lipinski definition) is 2. The number of H-pyrrole nitrogens is 1. The molecular formula is C14H17NO2. The van der Waals surface area contributed by atoms with Crippen molar-refractivity contribution in [2.45, 2.75) is 32.3 Å². The molecular weight excluding hydrogens is 214 g/mol. The molecule has 1 aliphatic rings. The number of methoxy groups -OCH3 is 1. The lowest BCUT2D eigenvalue weighted by molar-refractivity contribution is 0.283. The second kappa shape index (κ2) is 4.08. The minimum absolute atomic E-state index is 0.0881. The summed E-state index contributed by atoms with van der Waals surface area (Å²) in [6.45, 7) is 0.0881. The van der Waals surface area contributed by atoms with Crippen LogP contribution in [0.1, 0.15) is 29.7 Å². The van der Waals surface area contributed by atoms with Gasteiger partial charge in [0.25, 0.3) is 0 Å². The molecule has 2 aromatic rings. The first-order valence-electron chi connectivity index (χ1n) is 6.15. The molecule has 0 saturated carbocycles. The van der Waals surface area contributed by atoms with Crippen LogP contribution in [0, 0.1) is 0 Å². The van der Waals surface area contributed by atoms with Gasteiger partial charge in [-0.25, -0.2) is 0 Å². The van der Waals surface area contributed by atoms with Crippen LogP contribution in [0.15, 0.2) is 12.1 Å². The first kappa shape index (κ1) is 10.7. The van der Waals surface area contributed by atoms with Crippen molar-refractivity contribution in [3.05, 3.63) is 29.0 Å². The van der Waals surface area contributed by atoms with Gasteiger partial charge in [-0.3, -0.25) is 0 Å². The normalized spacial score (nSPS) is 14.9. The number of rotatable bonds is 2. The molecule has 3 heteroatoms. The Bertz CT molecular complexity index is 557. The summed E-state index contributed by atoms with van der Waals surface area (Å²) in [6, 6.07) is 3.89. The maximum Gasteiger partial charge on any atom is 0.142 e. The van der Waals surface area contributed by atoms with Crippen LogP contribution in [0.5, 0.6) is 5.75 Å². The molecule has 17 heavy (non-hydrogen) atoms. The number of benzene rings is 1. The third kappa shape index (κ3) is 1.53. The van der Waals surface area contributed by atoms with Crippen LogP contribution < -0.4 is 4.74 Å². The minimum atomic E-state index is 0.0881. The van der Waals surface area contributed by atoms with Crippen LogP contribution >= 0.6 is 0 Å². The monoisotopic (exact) mass is 231 g/mol. The van der Waals surface area contributed by atoms with E-state index in [0.717, 1.165) is 29.7 Å². The molecule has 1 aliphatic carbocycles. The van der Waals surface area contributed by atoms with Crippen LogP contribution in [-0.4, -0.2) is 17.2 Å². The molecule has 0 spiro atoms. The number of nitrogens with one attached hydrogen (secondary N) is 1. The highest BCUT2D eigenvalue weighted by atomic mass is 16.5. The molecule has 2 N–H and O–H groups in total. The molecule has 3 nitrogen and oxygen atoms in total. The van der Waals surface area contributed by atoms with Crippen molar-refractivity contribution in [3.63, 3.8) is 0 Å². The fourth-order valence-electron chi connectivity index (χ4n) is 2.87. The van der Waals surface area contributed by atoms with E-state index in [1.807, 2.05) is 12.1 Å². The van der Waals surface area contributed by atoms with Crippen molar-refractivity contribution in [2.24, 2.45) is 0 Å². The second-order valence-corrected chi connectivity index (χ2v) is 4.62. The van der Waals surface area contributed by atoms with Gasteiger partial charge in [-0.15, -0.1) is 0 Å². The fourth-order valence-corrected chi connectivity index (χ4v) is 2.87. The van der Waals surface area contributed by atoms with Gasteiger partial charge in [0.2, 0.25) is 0 Å². The van der Waals surface area contributed by atoms with E-state index in [2.05, 4.69) is 4.98 Å². The average molecular weight is 231 g/mol. The van der Waals surface area contributed by atoms with E-state index >= 15 is 0 Å². The summed E-state index contributed by atoms with van der Waals surface area (Å²) in [5.41, 5.74) is 4.76. The number of aromatic amines is 1. The van der Waals surface area contributed by atoms with Gasteiger partial charge in [-0.2, -0.15) is 0 Å². The van der Waals surface area contributed by atoms with E-state index in [9.17, 15) is 5.11 Å². The van der Waals surface area contributed by atoms with Crippen LogP contribution in [0.2, 0.25) is 0 Å². The van der Waals surface area contributed by atoms with Crippen molar-refractivity contribution in [2.75, 3.05) is 7.11 Å². The van der Waals surface area contributed by atoms with Gasteiger partial charge in [0, 0.05) is 11.1 Å². The lowest BCUT2D eigenvalue weighted by atomic mass is 9.94. The maximum atomic E-state index is 9.46. The number of aromatic nitrogens is 1. The van der Waals surface area contributed by atoms with Gasteiger partial charge in [-0.05, 0) is 42.9 Å². The van der Waals surface area contributed by atoms with Crippen molar-refractivity contribution in [1.82, 2.24) is 4.98 Å². The zero-order valence-electron chi connectivity index (χ0n) is 10.0. The molecule has 0 bridgehead atoms. The maximum absolute atomic E-state index is 9.46. The predicted octanol–water partition coefficient (Wildman–Crippen LogP) is 2.55. The highest BCUT2D eigenvalue weighted by Gasteiger charge is 2.19. The van der Waals surface area contributed by atoms with Crippen molar-refractivity contribution < 1.29 is 9.84 Å². The molecule has 1 heterocycles. The van der Waals surface area contributed by atoms with Crippen molar-refractivity contribution >= 4 is 10.9 Å². The summed E-state index contributed by atoms with van der Waals surface area (Å²) >= 11 is 0. The van der Waals surface area contributed by atoms with Crippen molar-refractivity contribution in [1.29, 1.82) is 0 Å². The van der Waals surface area contributed by atoms with Crippen LogP contribution in [0.3, 0.4) is 0 Å².